The minimum Gasteiger partial charge on any atom is -0.387 e. The first-order valence-corrected chi connectivity index (χ1v) is 7.98. The van der Waals surface area contributed by atoms with Crippen molar-refractivity contribution in [3.8, 4) is 5.69 Å². The van der Waals surface area contributed by atoms with Gasteiger partial charge in [-0.15, -0.1) is 5.10 Å². The first-order chi connectivity index (χ1) is 10.3. The summed E-state index contributed by atoms with van der Waals surface area (Å²) in [5.41, 5.74) is 1.73. The lowest BCUT2D eigenvalue weighted by atomic mass is 9.85. The first-order valence-electron chi connectivity index (χ1n) is 7.98. The zero-order chi connectivity index (χ0) is 14.5. The van der Waals surface area contributed by atoms with E-state index in [-0.39, 0.29) is 0 Å². The van der Waals surface area contributed by atoms with Crippen LogP contribution in [0.5, 0.6) is 0 Å². The average molecular weight is 285 g/mol. The Morgan fingerprint density at radius 2 is 1.90 bits per heavy atom. The topological polar surface area (TPSA) is 50.9 Å². The van der Waals surface area contributed by atoms with Gasteiger partial charge in [0, 0.05) is 0 Å². The molecular weight excluding hydrogens is 262 g/mol. The number of aliphatic hydroxyl groups is 1. The largest absolute Gasteiger partial charge is 0.387 e. The normalized spacial score (nSPS) is 17.8. The lowest BCUT2D eigenvalue weighted by Gasteiger charge is -2.22. The minimum absolute atomic E-state index is 0.484. The molecule has 0 spiro atoms. The fourth-order valence-corrected chi connectivity index (χ4v) is 3.26. The van der Waals surface area contributed by atoms with E-state index in [4.69, 9.17) is 0 Å². The molecule has 4 nitrogen and oxygen atoms in total. The molecule has 21 heavy (non-hydrogen) atoms. The monoisotopic (exact) mass is 285 g/mol. The lowest BCUT2D eigenvalue weighted by molar-refractivity contribution is 0.144. The zero-order valence-electron chi connectivity index (χ0n) is 12.4. The van der Waals surface area contributed by atoms with Gasteiger partial charge in [-0.25, -0.2) is 4.68 Å². The average Bonchev–Trinajstić information content (AvgIpc) is 3.04. The smallest absolute Gasteiger partial charge is 0.0977 e. The Balaban J connectivity index is 1.65. The highest BCUT2D eigenvalue weighted by molar-refractivity contribution is 5.31. The van der Waals surface area contributed by atoms with Crippen molar-refractivity contribution in [3.63, 3.8) is 0 Å². The fraction of sp³-hybridized carbons (Fsp3) is 0.529. The van der Waals surface area contributed by atoms with Gasteiger partial charge >= 0.3 is 0 Å². The second kappa shape index (κ2) is 6.85. The molecule has 3 rings (SSSR count). The van der Waals surface area contributed by atoms with Gasteiger partial charge < -0.3 is 5.11 Å². The number of aliphatic hydroxyl groups excluding tert-OH is 1. The van der Waals surface area contributed by atoms with E-state index in [1.165, 1.54) is 32.1 Å². The SMILES string of the molecule is OC(CCC1CCCCC1)c1cnnn1-c1ccccc1. The van der Waals surface area contributed by atoms with Crippen molar-refractivity contribution < 1.29 is 5.11 Å². The molecule has 1 aromatic carbocycles. The van der Waals surface area contributed by atoms with Gasteiger partial charge in [-0.1, -0.05) is 55.5 Å². The molecule has 1 aromatic heterocycles. The van der Waals surface area contributed by atoms with Gasteiger partial charge in [0.15, 0.2) is 0 Å². The second-order valence-electron chi connectivity index (χ2n) is 6.00. The van der Waals surface area contributed by atoms with E-state index in [2.05, 4.69) is 10.3 Å². The Labute approximate surface area is 125 Å². The second-order valence-corrected chi connectivity index (χ2v) is 6.00. The van der Waals surface area contributed by atoms with E-state index in [1.807, 2.05) is 30.3 Å². The molecule has 0 bridgehead atoms. The van der Waals surface area contributed by atoms with Crippen LogP contribution in [0.3, 0.4) is 0 Å². The third-order valence-corrected chi connectivity index (χ3v) is 4.49. The van der Waals surface area contributed by atoms with E-state index in [0.717, 1.165) is 30.1 Å². The van der Waals surface area contributed by atoms with Gasteiger partial charge in [0.2, 0.25) is 0 Å². The van der Waals surface area contributed by atoms with E-state index in [0.29, 0.717) is 0 Å². The number of para-hydroxylation sites is 1. The van der Waals surface area contributed by atoms with Gasteiger partial charge in [0.25, 0.3) is 0 Å². The molecule has 1 aliphatic carbocycles. The van der Waals surface area contributed by atoms with Crippen molar-refractivity contribution in [3.05, 3.63) is 42.2 Å². The van der Waals surface area contributed by atoms with Crippen LogP contribution in [0.25, 0.3) is 5.69 Å². The van der Waals surface area contributed by atoms with Crippen LogP contribution in [0.15, 0.2) is 36.5 Å². The Bertz CT molecular complexity index is 546. The maximum Gasteiger partial charge on any atom is 0.0977 e. The summed E-state index contributed by atoms with van der Waals surface area (Å²) in [5.74, 6) is 0.787. The van der Waals surface area contributed by atoms with Crippen LogP contribution in [-0.4, -0.2) is 20.1 Å². The van der Waals surface area contributed by atoms with Crippen molar-refractivity contribution in [2.45, 2.75) is 51.0 Å². The van der Waals surface area contributed by atoms with E-state index < -0.39 is 6.10 Å². The van der Waals surface area contributed by atoms with Gasteiger partial charge in [0.05, 0.1) is 23.7 Å². The van der Waals surface area contributed by atoms with E-state index in [1.54, 1.807) is 10.9 Å². The third kappa shape index (κ3) is 3.50. The highest BCUT2D eigenvalue weighted by Crippen LogP contribution is 2.30. The summed E-state index contributed by atoms with van der Waals surface area (Å²) < 4.78 is 1.74. The summed E-state index contributed by atoms with van der Waals surface area (Å²) >= 11 is 0. The van der Waals surface area contributed by atoms with Gasteiger partial charge in [0.1, 0.15) is 0 Å². The summed E-state index contributed by atoms with van der Waals surface area (Å²) in [6.45, 7) is 0. The molecule has 112 valence electrons. The number of nitrogens with zero attached hydrogens (tertiary/aromatic N) is 3. The van der Waals surface area contributed by atoms with Crippen LogP contribution in [0.4, 0.5) is 0 Å². The van der Waals surface area contributed by atoms with Crippen LogP contribution < -0.4 is 0 Å². The Morgan fingerprint density at radius 1 is 1.14 bits per heavy atom. The predicted molar refractivity (Wildman–Crippen MR) is 82.1 cm³/mol. The lowest BCUT2D eigenvalue weighted by Crippen LogP contribution is -2.11. The molecule has 1 unspecified atom stereocenters. The summed E-state index contributed by atoms with van der Waals surface area (Å²) in [7, 11) is 0. The van der Waals surface area contributed by atoms with Crippen molar-refractivity contribution in [1.29, 1.82) is 0 Å². The fourth-order valence-electron chi connectivity index (χ4n) is 3.26. The molecule has 1 fully saturated rings. The molecule has 0 radical (unpaired) electrons. The Hall–Kier alpha value is -1.68. The van der Waals surface area contributed by atoms with E-state index >= 15 is 0 Å². The summed E-state index contributed by atoms with van der Waals surface area (Å²) in [4.78, 5) is 0. The molecule has 2 aromatic rings. The van der Waals surface area contributed by atoms with Crippen molar-refractivity contribution >= 4 is 0 Å². The Morgan fingerprint density at radius 3 is 2.67 bits per heavy atom. The number of rotatable bonds is 5. The highest BCUT2D eigenvalue weighted by atomic mass is 16.3. The Kier molecular flexibility index (Phi) is 4.65. The van der Waals surface area contributed by atoms with Crippen LogP contribution >= 0.6 is 0 Å². The van der Waals surface area contributed by atoms with Crippen LogP contribution in [-0.2, 0) is 0 Å². The standard InChI is InChI=1S/C17H23N3O/c21-17(12-11-14-7-3-1-4-8-14)16-13-18-19-20(16)15-9-5-2-6-10-15/h2,5-6,9-10,13-14,17,21H,1,3-4,7-8,11-12H2. The summed E-state index contributed by atoms with van der Waals surface area (Å²) in [6.07, 6.45) is 9.82. The molecule has 1 aliphatic rings. The van der Waals surface area contributed by atoms with Crippen LogP contribution in [0, 0.1) is 5.92 Å². The van der Waals surface area contributed by atoms with Crippen molar-refractivity contribution in [2.24, 2.45) is 5.92 Å². The van der Waals surface area contributed by atoms with Crippen LogP contribution in [0.1, 0.15) is 56.7 Å². The van der Waals surface area contributed by atoms with Gasteiger partial charge in [-0.2, -0.15) is 0 Å². The number of hydrogen-bond donors (Lipinski definition) is 1. The minimum atomic E-state index is -0.484. The summed E-state index contributed by atoms with van der Waals surface area (Å²) in [5, 5.41) is 18.6. The maximum absolute atomic E-state index is 10.5. The van der Waals surface area contributed by atoms with E-state index in [9.17, 15) is 5.11 Å². The van der Waals surface area contributed by atoms with Crippen molar-refractivity contribution in [1.82, 2.24) is 15.0 Å². The molecule has 0 amide bonds. The molecule has 0 aliphatic heterocycles. The molecule has 0 saturated heterocycles. The predicted octanol–water partition coefficient (Wildman–Crippen LogP) is 3.66. The van der Waals surface area contributed by atoms with Crippen LogP contribution in [0.2, 0.25) is 0 Å². The molecule has 1 atom stereocenters. The van der Waals surface area contributed by atoms with Gasteiger partial charge in [-0.3, -0.25) is 0 Å². The molecule has 1 saturated carbocycles. The summed E-state index contributed by atoms with van der Waals surface area (Å²) in [6, 6.07) is 9.86. The number of hydrogen-bond acceptors (Lipinski definition) is 3. The quantitative estimate of drug-likeness (QED) is 0.912. The maximum atomic E-state index is 10.5. The van der Waals surface area contributed by atoms with Gasteiger partial charge in [-0.05, 0) is 30.9 Å². The first kappa shape index (κ1) is 14.3. The number of aromatic nitrogens is 3. The zero-order valence-corrected chi connectivity index (χ0v) is 12.4. The molecule has 4 heteroatoms. The molecule has 1 heterocycles. The molecule has 1 N–H and O–H groups in total. The highest BCUT2D eigenvalue weighted by Gasteiger charge is 2.19. The third-order valence-electron chi connectivity index (χ3n) is 4.49. The van der Waals surface area contributed by atoms with Crippen molar-refractivity contribution in [2.75, 3.05) is 0 Å². The number of benzene rings is 1. The molecular formula is C17H23N3O.